The summed E-state index contributed by atoms with van der Waals surface area (Å²) < 4.78 is 30.2. The van der Waals surface area contributed by atoms with Crippen LogP contribution in [0.4, 0.5) is 4.39 Å². The van der Waals surface area contributed by atoms with Gasteiger partial charge in [-0.05, 0) is 36.1 Å². The van der Waals surface area contributed by atoms with Crippen LogP contribution in [0.25, 0.3) is 10.8 Å². The summed E-state index contributed by atoms with van der Waals surface area (Å²) in [6.45, 7) is 2.22. The van der Waals surface area contributed by atoms with Gasteiger partial charge < -0.3 is 19.5 Å². The summed E-state index contributed by atoms with van der Waals surface area (Å²) in [5.74, 6) is -0.0489. The molecule has 3 atom stereocenters. The minimum Gasteiger partial charge on any atom is -0.496 e. The van der Waals surface area contributed by atoms with Crippen LogP contribution < -0.4 is 14.8 Å². The highest BCUT2D eigenvalue weighted by Gasteiger charge is 2.43. The van der Waals surface area contributed by atoms with Crippen molar-refractivity contribution in [1.82, 2.24) is 10.3 Å². The van der Waals surface area contributed by atoms with E-state index in [0.29, 0.717) is 5.88 Å². The fourth-order valence-electron chi connectivity index (χ4n) is 3.12. The second kappa shape index (κ2) is 7.23. The van der Waals surface area contributed by atoms with Crippen LogP contribution in [0.1, 0.15) is 5.56 Å². The number of hydrogen-bond acceptors (Lipinski definition) is 5. The molecule has 2 heterocycles. The molecule has 0 spiro atoms. The molecule has 0 saturated carbocycles. The van der Waals surface area contributed by atoms with E-state index in [-0.39, 0.29) is 13.2 Å². The Hall–Kier alpha value is -2.41. The molecule has 0 aliphatic carbocycles. The Labute approximate surface area is 145 Å². The molecular formula is C18H21FN2O4. The third-order valence-corrected chi connectivity index (χ3v) is 4.47. The first-order valence-corrected chi connectivity index (χ1v) is 8.04. The van der Waals surface area contributed by atoms with Gasteiger partial charge in [-0.2, -0.15) is 0 Å². The number of nitrogens with zero attached hydrogens (tertiary/aromatic N) is 1. The largest absolute Gasteiger partial charge is 0.496 e. The van der Waals surface area contributed by atoms with Crippen molar-refractivity contribution in [2.75, 3.05) is 27.4 Å². The molecule has 134 valence electrons. The Morgan fingerprint density at radius 3 is 2.80 bits per heavy atom. The number of halogens is 1. The smallest absolute Gasteiger partial charge is 0.255 e. The van der Waals surface area contributed by atoms with E-state index in [1.54, 1.807) is 13.3 Å². The molecule has 1 saturated heterocycles. The van der Waals surface area contributed by atoms with Crippen LogP contribution in [-0.2, 0) is 9.53 Å². The number of benzene rings is 1. The van der Waals surface area contributed by atoms with Gasteiger partial charge in [-0.3, -0.25) is 4.79 Å². The lowest BCUT2D eigenvalue weighted by atomic mass is 10.0. The normalized spacial score (nSPS) is 22.9. The fourth-order valence-corrected chi connectivity index (χ4v) is 3.12. The summed E-state index contributed by atoms with van der Waals surface area (Å²) in [4.78, 5) is 15.9. The van der Waals surface area contributed by atoms with Gasteiger partial charge >= 0.3 is 0 Å². The molecule has 1 fully saturated rings. The number of carbonyl (C=O) groups is 1. The van der Waals surface area contributed by atoms with Crippen LogP contribution in [0.2, 0.25) is 0 Å². The van der Waals surface area contributed by atoms with Crippen molar-refractivity contribution in [1.29, 1.82) is 0 Å². The predicted octanol–water partition coefficient (Wildman–Crippen LogP) is 2.03. The van der Waals surface area contributed by atoms with Gasteiger partial charge in [0.1, 0.15) is 12.4 Å². The molecule has 0 bridgehead atoms. The number of aryl methyl sites for hydroxylation is 1. The van der Waals surface area contributed by atoms with Crippen LogP contribution in [0, 0.1) is 12.8 Å². The van der Waals surface area contributed by atoms with Crippen LogP contribution in [0.5, 0.6) is 11.6 Å². The number of fused-ring (bicyclic) bond motifs is 1. The summed E-state index contributed by atoms with van der Waals surface area (Å²) in [6, 6.07) is 5.28. The van der Waals surface area contributed by atoms with Gasteiger partial charge in [-0.25, -0.2) is 9.37 Å². The van der Waals surface area contributed by atoms with E-state index < -0.39 is 24.0 Å². The van der Waals surface area contributed by atoms with Gasteiger partial charge in [0, 0.05) is 24.6 Å². The summed E-state index contributed by atoms with van der Waals surface area (Å²) >= 11 is 0. The van der Waals surface area contributed by atoms with E-state index in [4.69, 9.17) is 14.2 Å². The van der Waals surface area contributed by atoms with Gasteiger partial charge in [-0.15, -0.1) is 0 Å². The molecule has 1 aliphatic heterocycles. The van der Waals surface area contributed by atoms with Crippen molar-refractivity contribution in [2.24, 2.45) is 5.92 Å². The first kappa shape index (κ1) is 17.4. The first-order chi connectivity index (χ1) is 12.0. The molecule has 6 nitrogen and oxygen atoms in total. The number of ether oxygens (including phenoxy) is 3. The lowest BCUT2D eigenvalue weighted by Gasteiger charge is -2.19. The van der Waals surface area contributed by atoms with Crippen molar-refractivity contribution in [3.63, 3.8) is 0 Å². The Bertz CT molecular complexity index is 783. The zero-order valence-corrected chi connectivity index (χ0v) is 14.4. The summed E-state index contributed by atoms with van der Waals surface area (Å²) in [5.41, 5.74) is 1.01. The SMILES string of the molecule is COC[C@@H]1[C@H](F)C(=O)N[C@@H]1COc1nccc2cc(C)c(OC)cc12. The van der Waals surface area contributed by atoms with Crippen molar-refractivity contribution in [2.45, 2.75) is 19.1 Å². The second-order valence-electron chi connectivity index (χ2n) is 6.11. The number of hydrogen-bond donors (Lipinski definition) is 1. The highest BCUT2D eigenvalue weighted by Crippen LogP contribution is 2.31. The maximum atomic E-state index is 14.0. The molecule has 0 unspecified atom stereocenters. The van der Waals surface area contributed by atoms with E-state index >= 15 is 0 Å². The van der Waals surface area contributed by atoms with Crippen LogP contribution in [-0.4, -0.2) is 50.5 Å². The number of alkyl halides is 1. The summed E-state index contributed by atoms with van der Waals surface area (Å²) in [7, 11) is 3.09. The molecule has 7 heteroatoms. The molecule has 1 aromatic heterocycles. The average molecular weight is 348 g/mol. The van der Waals surface area contributed by atoms with Crippen LogP contribution >= 0.6 is 0 Å². The maximum absolute atomic E-state index is 14.0. The van der Waals surface area contributed by atoms with E-state index in [9.17, 15) is 9.18 Å². The Kier molecular flexibility index (Phi) is 5.03. The third kappa shape index (κ3) is 3.37. The zero-order chi connectivity index (χ0) is 18.0. The summed E-state index contributed by atoms with van der Waals surface area (Å²) in [6.07, 6.45) is 0.0679. The highest BCUT2D eigenvalue weighted by atomic mass is 19.1. The topological polar surface area (TPSA) is 69.7 Å². The lowest BCUT2D eigenvalue weighted by Crippen LogP contribution is -2.36. The Morgan fingerprint density at radius 2 is 2.08 bits per heavy atom. The van der Waals surface area contributed by atoms with Crippen molar-refractivity contribution in [3.8, 4) is 11.6 Å². The molecule has 1 aliphatic rings. The van der Waals surface area contributed by atoms with Crippen LogP contribution in [0.3, 0.4) is 0 Å². The van der Waals surface area contributed by atoms with Gasteiger partial charge in [0.25, 0.3) is 5.91 Å². The van der Waals surface area contributed by atoms with Gasteiger partial charge in [0.05, 0.1) is 19.8 Å². The maximum Gasteiger partial charge on any atom is 0.255 e. The monoisotopic (exact) mass is 348 g/mol. The molecule has 3 rings (SSSR count). The Balaban J connectivity index is 1.82. The molecule has 0 radical (unpaired) electrons. The van der Waals surface area contributed by atoms with Crippen LogP contribution in [0.15, 0.2) is 24.4 Å². The Morgan fingerprint density at radius 1 is 1.28 bits per heavy atom. The average Bonchev–Trinajstić information content (AvgIpc) is 2.87. The second-order valence-corrected chi connectivity index (χ2v) is 6.11. The van der Waals surface area contributed by atoms with Gasteiger partial charge in [0.2, 0.25) is 5.88 Å². The van der Waals surface area contributed by atoms with E-state index in [1.807, 2.05) is 25.1 Å². The van der Waals surface area contributed by atoms with Gasteiger partial charge in [0.15, 0.2) is 6.17 Å². The molecule has 1 amide bonds. The predicted molar refractivity (Wildman–Crippen MR) is 90.7 cm³/mol. The molecule has 1 N–H and O–H groups in total. The van der Waals surface area contributed by atoms with Gasteiger partial charge in [-0.1, -0.05) is 0 Å². The standard InChI is InChI=1S/C18H21FN2O4/c1-10-6-11-4-5-20-18(12(11)7-15(10)24-3)25-9-14-13(8-23-2)16(19)17(22)21-14/h4-7,13-14,16H,8-9H2,1-3H3,(H,21,22)/t13-,14+,16-/m0/s1. The number of amides is 1. The lowest BCUT2D eigenvalue weighted by molar-refractivity contribution is -0.124. The quantitative estimate of drug-likeness (QED) is 0.865. The van der Waals surface area contributed by atoms with E-state index in [0.717, 1.165) is 22.1 Å². The van der Waals surface area contributed by atoms with Crippen molar-refractivity contribution < 1.29 is 23.4 Å². The first-order valence-electron chi connectivity index (χ1n) is 8.04. The zero-order valence-electron chi connectivity index (χ0n) is 14.4. The number of aromatic nitrogens is 1. The van der Waals surface area contributed by atoms with E-state index in [1.165, 1.54) is 7.11 Å². The minimum absolute atomic E-state index is 0.114. The molecular weight excluding hydrogens is 327 g/mol. The molecule has 1 aromatic carbocycles. The number of carbonyl (C=O) groups excluding carboxylic acids is 1. The van der Waals surface area contributed by atoms with E-state index in [2.05, 4.69) is 10.3 Å². The fraction of sp³-hybridized carbons (Fsp3) is 0.444. The summed E-state index contributed by atoms with van der Waals surface area (Å²) in [5, 5.41) is 4.39. The number of methoxy groups -OCH3 is 2. The molecule has 25 heavy (non-hydrogen) atoms. The van der Waals surface area contributed by atoms with Crippen molar-refractivity contribution >= 4 is 16.7 Å². The minimum atomic E-state index is -1.59. The highest BCUT2D eigenvalue weighted by molar-refractivity contribution is 5.89. The third-order valence-electron chi connectivity index (χ3n) is 4.47. The van der Waals surface area contributed by atoms with Crippen molar-refractivity contribution in [3.05, 3.63) is 30.0 Å². The number of pyridine rings is 1. The number of rotatable bonds is 6. The number of nitrogens with one attached hydrogen (secondary N) is 1. The molecule has 2 aromatic rings.